The van der Waals surface area contributed by atoms with Crippen LogP contribution in [0, 0.1) is 23.0 Å². The van der Waals surface area contributed by atoms with Crippen molar-refractivity contribution in [2.45, 2.75) is 33.9 Å². The highest BCUT2D eigenvalue weighted by atomic mass is 16.6. The van der Waals surface area contributed by atoms with E-state index in [0.717, 1.165) is 17.9 Å². The van der Waals surface area contributed by atoms with E-state index in [2.05, 4.69) is 24.0 Å². The standard InChI is InChI=1S/C14H19N5O2/c1-9(2)8-18-13(7-15)16-17-14(18)11-4-5-12(19(20)21)10(3)6-11/h4-6,9H,7-8,15H2,1-3H3. The third-order valence-electron chi connectivity index (χ3n) is 3.21. The summed E-state index contributed by atoms with van der Waals surface area (Å²) in [5, 5.41) is 19.2. The smallest absolute Gasteiger partial charge is 0.272 e. The van der Waals surface area contributed by atoms with Crippen LogP contribution in [-0.2, 0) is 13.1 Å². The Morgan fingerprint density at radius 1 is 1.38 bits per heavy atom. The van der Waals surface area contributed by atoms with Crippen LogP contribution < -0.4 is 5.73 Å². The first-order chi connectivity index (χ1) is 9.93. The van der Waals surface area contributed by atoms with Gasteiger partial charge in [-0.2, -0.15) is 0 Å². The van der Waals surface area contributed by atoms with Crippen molar-refractivity contribution in [3.05, 3.63) is 39.7 Å². The molecule has 2 N–H and O–H groups in total. The Morgan fingerprint density at radius 2 is 2.10 bits per heavy atom. The van der Waals surface area contributed by atoms with Gasteiger partial charge in [0.15, 0.2) is 5.82 Å². The summed E-state index contributed by atoms with van der Waals surface area (Å²) >= 11 is 0. The fraction of sp³-hybridized carbons (Fsp3) is 0.429. The number of rotatable bonds is 5. The lowest BCUT2D eigenvalue weighted by molar-refractivity contribution is -0.385. The molecule has 112 valence electrons. The number of hydrogen-bond donors (Lipinski definition) is 1. The van der Waals surface area contributed by atoms with E-state index in [1.165, 1.54) is 6.07 Å². The predicted octanol–water partition coefficient (Wildman–Crippen LogP) is 2.28. The molecule has 1 heterocycles. The Hall–Kier alpha value is -2.28. The highest BCUT2D eigenvalue weighted by Crippen LogP contribution is 2.26. The fourth-order valence-electron chi connectivity index (χ4n) is 2.26. The van der Waals surface area contributed by atoms with Gasteiger partial charge in [0.1, 0.15) is 5.82 Å². The Morgan fingerprint density at radius 3 is 2.62 bits per heavy atom. The van der Waals surface area contributed by atoms with Gasteiger partial charge in [0.25, 0.3) is 5.69 Å². The van der Waals surface area contributed by atoms with Gasteiger partial charge in [-0.3, -0.25) is 10.1 Å². The number of nitro benzene ring substituents is 1. The fourth-order valence-corrected chi connectivity index (χ4v) is 2.26. The van der Waals surface area contributed by atoms with Crippen molar-refractivity contribution in [2.75, 3.05) is 0 Å². The molecule has 0 saturated carbocycles. The molecule has 0 saturated heterocycles. The second-order valence-corrected chi connectivity index (χ2v) is 5.41. The molecule has 2 aromatic rings. The molecule has 0 aliphatic heterocycles. The number of nitrogens with zero attached hydrogens (tertiary/aromatic N) is 4. The highest BCUT2D eigenvalue weighted by Gasteiger charge is 2.17. The number of hydrogen-bond acceptors (Lipinski definition) is 5. The van der Waals surface area contributed by atoms with Crippen LogP contribution >= 0.6 is 0 Å². The third kappa shape index (κ3) is 3.08. The molecule has 0 unspecified atom stereocenters. The lowest BCUT2D eigenvalue weighted by Gasteiger charge is -2.12. The highest BCUT2D eigenvalue weighted by molar-refractivity contribution is 5.60. The summed E-state index contributed by atoms with van der Waals surface area (Å²) in [6.45, 7) is 6.99. The zero-order valence-corrected chi connectivity index (χ0v) is 12.4. The second kappa shape index (κ2) is 6.01. The third-order valence-corrected chi connectivity index (χ3v) is 3.21. The Balaban J connectivity index is 2.49. The van der Waals surface area contributed by atoms with Gasteiger partial charge < -0.3 is 10.3 Å². The normalized spacial score (nSPS) is 11.1. The summed E-state index contributed by atoms with van der Waals surface area (Å²) < 4.78 is 1.98. The van der Waals surface area contributed by atoms with E-state index in [4.69, 9.17) is 5.73 Å². The van der Waals surface area contributed by atoms with Gasteiger partial charge in [-0.05, 0) is 25.0 Å². The van der Waals surface area contributed by atoms with Crippen molar-refractivity contribution in [3.8, 4) is 11.4 Å². The molecule has 2 rings (SSSR count). The molecular weight excluding hydrogens is 270 g/mol. The van der Waals surface area contributed by atoms with Gasteiger partial charge in [0, 0.05) is 23.7 Å². The topological polar surface area (TPSA) is 99.9 Å². The second-order valence-electron chi connectivity index (χ2n) is 5.41. The number of aromatic nitrogens is 3. The van der Waals surface area contributed by atoms with E-state index in [0.29, 0.717) is 23.9 Å². The molecule has 0 atom stereocenters. The molecule has 0 amide bonds. The van der Waals surface area contributed by atoms with Crippen molar-refractivity contribution in [1.29, 1.82) is 0 Å². The summed E-state index contributed by atoms with van der Waals surface area (Å²) in [4.78, 5) is 10.5. The van der Waals surface area contributed by atoms with Crippen molar-refractivity contribution >= 4 is 5.69 Å². The lowest BCUT2D eigenvalue weighted by Crippen LogP contribution is -2.13. The van der Waals surface area contributed by atoms with Crippen LogP contribution in [0.15, 0.2) is 18.2 Å². The van der Waals surface area contributed by atoms with E-state index in [1.807, 2.05) is 4.57 Å². The summed E-state index contributed by atoms with van der Waals surface area (Å²) in [6.07, 6.45) is 0. The molecule has 0 aliphatic carbocycles. The molecule has 0 radical (unpaired) electrons. The predicted molar refractivity (Wildman–Crippen MR) is 79.6 cm³/mol. The molecule has 0 fully saturated rings. The van der Waals surface area contributed by atoms with Crippen LogP contribution in [0.1, 0.15) is 25.2 Å². The van der Waals surface area contributed by atoms with Gasteiger partial charge in [0.2, 0.25) is 0 Å². The summed E-state index contributed by atoms with van der Waals surface area (Å²) in [7, 11) is 0. The summed E-state index contributed by atoms with van der Waals surface area (Å²) in [5.74, 6) is 1.83. The van der Waals surface area contributed by atoms with Crippen molar-refractivity contribution in [1.82, 2.24) is 14.8 Å². The minimum absolute atomic E-state index is 0.104. The maximum Gasteiger partial charge on any atom is 0.272 e. The number of benzene rings is 1. The number of nitro groups is 1. The maximum absolute atomic E-state index is 10.9. The van der Waals surface area contributed by atoms with Crippen molar-refractivity contribution < 1.29 is 4.92 Å². The molecule has 7 heteroatoms. The van der Waals surface area contributed by atoms with E-state index in [-0.39, 0.29) is 10.6 Å². The van der Waals surface area contributed by atoms with Crippen LogP contribution in [0.25, 0.3) is 11.4 Å². The monoisotopic (exact) mass is 289 g/mol. The van der Waals surface area contributed by atoms with E-state index >= 15 is 0 Å². The Bertz CT molecular complexity index is 663. The average Bonchev–Trinajstić information content (AvgIpc) is 2.80. The van der Waals surface area contributed by atoms with Crippen LogP contribution in [0.2, 0.25) is 0 Å². The molecular formula is C14H19N5O2. The van der Waals surface area contributed by atoms with Gasteiger partial charge >= 0.3 is 0 Å². The number of aryl methyl sites for hydroxylation is 1. The Labute approximate surface area is 122 Å². The largest absolute Gasteiger partial charge is 0.324 e. The van der Waals surface area contributed by atoms with E-state index in [1.54, 1.807) is 19.1 Å². The van der Waals surface area contributed by atoms with Crippen molar-refractivity contribution in [3.63, 3.8) is 0 Å². The SMILES string of the molecule is Cc1cc(-c2nnc(CN)n2CC(C)C)ccc1[N+](=O)[O-]. The minimum Gasteiger partial charge on any atom is -0.324 e. The van der Waals surface area contributed by atoms with Gasteiger partial charge in [-0.1, -0.05) is 13.8 Å². The molecule has 1 aromatic carbocycles. The zero-order chi connectivity index (χ0) is 15.6. The molecule has 21 heavy (non-hydrogen) atoms. The van der Waals surface area contributed by atoms with E-state index in [9.17, 15) is 10.1 Å². The summed E-state index contributed by atoms with van der Waals surface area (Å²) in [6, 6.07) is 4.97. The first-order valence-corrected chi connectivity index (χ1v) is 6.81. The maximum atomic E-state index is 10.9. The first kappa shape index (κ1) is 15.1. The van der Waals surface area contributed by atoms with Gasteiger partial charge in [0.05, 0.1) is 11.5 Å². The summed E-state index contributed by atoms with van der Waals surface area (Å²) in [5.41, 5.74) is 7.22. The van der Waals surface area contributed by atoms with Crippen LogP contribution in [-0.4, -0.2) is 19.7 Å². The Kier molecular flexibility index (Phi) is 4.32. The average molecular weight is 289 g/mol. The van der Waals surface area contributed by atoms with E-state index < -0.39 is 0 Å². The number of nitrogens with two attached hydrogens (primary N) is 1. The van der Waals surface area contributed by atoms with Crippen molar-refractivity contribution in [2.24, 2.45) is 11.7 Å². The van der Waals surface area contributed by atoms with Gasteiger partial charge in [-0.25, -0.2) is 0 Å². The lowest BCUT2D eigenvalue weighted by atomic mass is 10.1. The van der Waals surface area contributed by atoms with Crippen LogP contribution in [0.5, 0.6) is 0 Å². The molecule has 1 aromatic heterocycles. The minimum atomic E-state index is -0.386. The van der Waals surface area contributed by atoms with Crippen LogP contribution in [0.3, 0.4) is 0 Å². The molecule has 0 aliphatic rings. The first-order valence-electron chi connectivity index (χ1n) is 6.81. The zero-order valence-electron chi connectivity index (χ0n) is 12.4. The molecule has 0 spiro atoms. The van der Waals surface area contributed by atoms with Gasteiger partial charge in [-0.15, -0.1) is 10.2 Å². The molecule has 0 bridgehead atoms. The quantitative estimate of drug-likeness (QED) is 0.672. The molecule has 7 nitrogen and oxygen atoms in total. The van der Waals surface area contributed by atoms with Crippen LogP contribution in [0.4, 0.5) is 5.69 Å².